The van der Waals surface area contributed by atoms with Crippen LogP contribution in [0.1, 0.15) is 22.9 Å². The number of benzene rings is 1. The summed E-state index contributed by atoms with van der Waals surface area (Å²) < 4.78 is 2.77. The van der Waals surface area contributed by atoms with Crippen LogP contribution in [0.3, 0.4) is 0 Å². The Hall–Kier alpha value is -1.85. The molecule has 4 nitrogen and oxygen atoms in total. The summed E-state index contributed by atoms with van der Waals surface area (Å²) in [6.07, 6.45) is 5.63. The van der Waals surface area contributed by atoms with E-state index in [9.17, 15) is 0 Å². The van der Waals surface area contributed by atoms with Gasteiger partial charge in [-0.15, -0.1) is 21.5 Å². The monoisotopic (exact) mass is 316 g/mol. The number of nitrogens with zero attached hydrogens (tertiary/aromatic N) is 3. The minimum Gasteiger partial charge on any atom is -0.378 e. The first-order valence-corrected chi connectivity index (χ1v) is 7.99. The van der Waals surface area contributed by atoms with Gasteiger partial charge in [-0.05, 0) is 42.7 Å². The Morgan fingerprint density at radius 1 is 1.24 bits per heavy atom. The molecule has 2 heterocycles. The zero-order chi connectivity index (χ0) is 14.2. The molecule has 1 aliphatic carbocycles. The maximum absolute atomic E-state index is 6.11. The summed E-state index contributed by atoms with van der Waals surface area (Å²) in [5.74, 6) is 0. The van der Waals surface area contributed by atoms with Gasteiger partial charge >= 0.3 is 0 Å². The second-order valence-corrected chi connectivity index (χ2v) is 6.85. The van der Waals surface area contributed by atoms with Crippen molar-refractivity contribution in [3.05, 3.63) is 57.8 Å². The van der Waals surface area contributed by atoms with Crippen LogP contribution < -0.4 is 5.32 Å². The van der Waals surface area contributed by atoms with Gasteiger partial charge in [-0.3, -0.25) is 4.57 Å². The molecule has 0 fully saturated rings. The second-order valence-electron chi connectivity index (χ2n) is 5.08. The molecule has 0 saturated heterocycles. The Morgan fingerprint density at radius 3 is 2.95 bits per heavy atom. The highest BCUT2D eigenvalue weighted by Crippen LogP contribution is 2.40. The van der Waals surface area contributed by atoms with Gasteiger partial charge in [0.2, 0.25) is 0 Å². The third-order valence-electron chi connectivity index (χ3n) is 3.75. The zero-order valence-electron chi connectivity index (χ0n) is 11.2. The van der Waals surface area contributed by atoms with E-state index in [0.29, 0.717) is 6.04 Å². The molecule has 1 aliphatic rings. The molecule has 0 amide bonds. The lowest BCUT2D eigenvalue weighted by Crippen LogP contribution is -2.06. The van der Waals surface area contributed by atoms with Crippen molar-refractivity contribution in [1.82, 2.24) is 14.8 Å². The quantitative estimate of drug-likeness (QED) is 0.791. The number of hydrogen-bond donors (Lipinski definition) is 1. The van der Waals surface area contributed by atoms with Crippen molar-refractivity contribution in [3.63, 3.8) is 0 Å². The Balaban J connectivity index is 1.59. The SMILES string of the molecule is Clc1cc2c(s1)CCC2Nc1cccc(-n2cnnc2)c1. The van der Waals surface area contributed by atoms with Gasteiger partial charge in [-0.2, -0.15) is 0 Å². The van der Waals surface area contributed by atoms with E-state index in [1.54, 1.807) is 24.0 Å². The third-order valence-corrected chi connectivity index (χ3v) is 5.09. The van der Waals surface area contributed by atoms with Crippen LogP contribution in [0, 0.1) is 0 Å². The summed E-state index contributed by atoms with van der Waals surface area (Å²) in [6.45, 7) is 0. The molecular weight excluding hydrogens is 304 g/mol. The van der Waals surface area contributed by atoms with E-state index in [1.807, 2.05) is 16.7 Å². The minimum atomic E-state index is 0.347. The fraction of sp³-hybridized carbons (Fsp3) is 0.200. The van der Waals surface area contributed by atoms with Gasteiger partial charge in [0, 0.05) is 10.6 Å². The number of aryl methyl sites for hydroxylation is 1. The van der Waals surface area contributed by atoms with E-state index in [1.165, 1.54) is 10.4 Å². The lowest BCUT2D eigenvalue weighted by molar-refractivity contribution is 0.762. The summed E-state index contributed by atoms with van der Waals surface area (Å²) in [4.78, 5) is 1.41. The van der Waals surface area contributed by atoms with Gasteiger partial charge in [0.1, 0.15) is 12.7 Å². The summed E-state index contributed by atoms with van der Waals surface area (Å²) in [5, 5.41) is 11.3. The molecule has 2 aromatic heterocycles. The van der Waals surface area contributed by atoms with Gasteiger partial charge in [-0.25, -0.2) is 0 Å². The van der Waals surface area contributed by atoms with Crippen LogP contribution in [0.4, 0.5) is 5.69 Å². The maximum Gasteiger partial charge on any atom is 0.123 e. The summed E-state index contributed by atoms with van der Waals surface area (Å²) in [5.41, 5.74) is 3.49. The van der Waals surface area contributed by atoms with E-state index < -0.39 is 0 Å². The molecular formula is C15H13ClN4S. The summed E-state index contributed by atoms with van der Waals surface area (Å²) >= 11 is 7.81. The van der Waals surface area contributed by atoms with Gasteiger partial charge in [0.25, 0.3) is 0 Å². The van der Waals surface area contributed by atoms with Crippen LogP contribution in [-0.4, -0.2) is 14.8 Å². The van der Waals surface area contributed by atoms with E-state index >= 15 is 0 Å². The van der Waals surface area contributed by atoms with Crippen LogP contribution in [0.5, 0.6) is 0 Å². The summed E-state index contributed by atoms with van der Waals surface area (Å²) in [7, 11) is 0. The normalized spacial score (nSPS) is 16.9. The molecule has 106 valence electrons. The Bertz CT molecular complexity index is 766. The lowest BCUT2D eigenvalue weighted by atomic mass is 10.1. The fourth-order valence-corrected chi connectivity index (χ4v) is 4.13. The number of rotatable bonds is 3. The molecule has 1 atom stereocenters. The number of anilines is 1. The van der Waals surface area contributed by atoms with Gasteiger partial charge in [-0.1, -0.05) is 17.7 Å². The largest absolute Gasteiger partial charge is 0.378 e. The predicted octanol–water partition coefficient (Wildman–Crippen LogP) is 4.08. The standard InChI is InChI=1S/C15H13ClN4S/c16-15-7-12-13(4-5-14(12)21-15)19-10-2-1-3-11(6-10)20-8-17-18-9-20/h1-3,6-9,13,19H,4-5H2. The van der Waals surface area contributed by atoms with Crippen LogP contribution in [0.15, 0.2) is 43.0 Å². The van der Waals surface area contributed by atoms with Crippen molar-refractivity contribution in [2.45, 2.75) is 18.9 Å². The fourth-order valence-electron chi connectivity index (χ4n) is 2.77. The van der Waals surface area contributed by atoms with Crippen LogP contribution >= 0.6 is 22.9 Å². The highest BCUT2D eigenvalue weighted by Gasteiger charge is 2.24. The molecule has 3 aromatic rings. The molecule has 21 heavy (non-hydrogen) atoms. The van der Waals surface area contributed by atoms with E-state index in [0.717, 1.165) is 28.6 Å². The number of halogens is 1. The molecule has 1 aromatic carbocycles. The van der Waals surface area contributed by atoms with E-state index in [4.69, 9.17) is 11.6 Å². The Morgan fingerprint density at radius 2 is 2.10 bits per heavy atom. The highest BCUT2D eigenvalue weighted by molar-refractivity contribution is 7.16. The number of nitrogens with one attached hydrogen (secondary N) is 1. The van der Waals surface area contributed by atoms with Gasteiger partial charge in [0.15, 0.2) is 0 Å². The van der Waals surface area contributed by atoms with Crippen molar-refractivity contribution in [3.8, 4) is 5.69 Å². The van der Waals surface area contributed by atoms with Crippen LogP contribution in [0.25, 0.3) is 5.69 Å². The third kappa shape index (κ3) is 2.43. The maximum atomic E-state index is 6.11. The average molecular weight is 317 g/mol. The predicted molar refractivity (Wildman–Crippen MR) is 85.4 cm³/mol. The molecule has 0 radical (unpaired) electrons. The second kappa shape index (κ2) is 5.16. The van der Waals surface area contributed by atoms with Crippen molar-refractivity contribution < 1.29 is 0 Å². The Labute approximate surface area is 131 Å². The van der Waals surface area contributed by atoms with Crippen LogP contribution in [0.2, 0.25) is 4.34 Å². The average Bonchev–Trinajstić information content (AvgIpc) is 3.18. The molecule has 6 heteroatoms. The number of fused-ring (bicyclic) bond motifs is 1. The van der Waals surface area contributed by atoms with Crippen molar-refractivity contribution in [1.29, 1.82) is 0 Å². The van der Waals surface area contributed by atoms with Crippen molar-refractivity contribution >= 4 is 28.6 Å². The van der Waals surface area contributed by atoms with Crippen molar-refractivity contribution in [2.24, 2.45) is 0 Å². The first-order chi connectivity index (χ1) is 10.3. The molecule has 1 N–H and O–H groups in total. The molecule has 0 spiro atoms. The molecule has 1 unspecified atom stereocenters. The van der Waals surface area contributed by atoms with Crippen LogP contribution in [-0.2, 0) is 6.42 Å². The van der Waals surface area contributed by atoms with E-state index in [-0.39, 0.29) is 0 Å². The molecule has 0 saturated carbocycles. The number of thiophene rings is 1. The van der Waals surface area contributed by atoms with Gasteiger partial charge < -0.3 is 5.32 Å². The van der Waals surface area contributed by atoms with Crippen molar-refractivity contribution in [2.75, 3.05) is 5.32 Å². The Kier molecular flexibility index (Phi) is 3.16. The highest BCUT2D eigenvalue weighted by atomic mass is 35.5. The molecule has 4 rings (SSSR count). The summed E-state index contributed by atoms with van der Waals surface area (Å²) in [6, 6.07) is 10.7. The first-order valence-electron chi connectivity index (χ1n) is 6.79. The minimum absolute atomic E-state index is 0.347. The topological polar surface area (TPSA) is 42.7 Å². The molecule has 0 bridgehead atoms. The smallest absolute Gasteiger partial charge is 0.123 e. The number of aromatic nitrogens is 3. The lowest BCUT2D eigenvalue weighted by Gasteiger charge is -2.15. The first kappa shape index (κ1) is 12.9. The van der Waals surface area contributed by atoms with E-state index in [2.05, 4.69) is 33.7 Å². The zero-order valence-corrected chi connectivity index (χ0v) is 12.7. The van der Waals surface area contributed by atoms with Gasteiger partial charge in [0.05, 0.1) is 16.1 Å². The number of hydrogen-bond acceptors (Lipinski definition) is 4. The molecule has 0 aliphatic heterocycles.